The van der Waals surface area contributed by atoms with Gasteiger partial charge in [-0.3, -0.25) is 0 Å². The maximum absolute atomic E-state index is 5.99. The van der Waals surface area contributed by atoms with Crippen LogP contribution in [-0.4, -0.2) is 25.3 Å². The number of nitrogens with zero attached hydrogens (tertiary/aromatic N) is 1. The molecule has 0 radical (unpaired) electrons. The monoisotopic (exact) mass is 326 g/mol. The van der Waals surface area contributed by atoms with Crippen molar-refractivity contribution in [3.05, 3.63) is 54.7 Å². The summed E-state index contributed by atoms with van der Waals surface area (Å²) in [6.45, 7) is 1.04. The second-order valence-electron chi connectivity index (χ2n) is 5.03. The van der Waals surface area contributed by atoms with Crippen molar-refractivity contribution in [1.29, 1.82) is 0 Å². The highest BCUT2D eigenvalue weighted by Gasteiger charge is 2.08. The summed E-state index contributed by atoms with van der Waals surface area (Å²) >= 11 is 1.64. The van der Waals surface area contributed by atoms with E-state index in [4.69, 9.17) is 15.2 Å². The lowest BCUT2D eigenvalue weighted by Gasteiger charge is -2.08. The zero-order chi connectivity index (χ0) is 16.1. The van der Waals surface area contributed by atoms with Crippen LogP contribution in [0.3, 0.4) is 0 Å². The largest absolute Gasteiger partial charge is 0.491 e. The third-order valence-electron chi connectivity index (χ3n) is 3.30. The predicted molar refractivity (Wildman–Crippen MR) is 94.8 cm³/mol. The lowest BCUT2D eigenvalue weighted by molar-refractivity contribution is 0.146. The summed E-state index contributed by atoms with van der Waals surface area (Å²) in [5, 5.41) is 0.991. The maximum Gasteiger partial charge on any atom is 0.123 e. The van der Waals surface area contributed by atoms with Crippen LogP contribution in [0.1, 0.15) is 0 Å². The fraction of sp³-hybridized carbons (Fsp3) is 0.167. The Morgan fingerprint density at radius 2 is 1.87 bits per heavy atom. The molecule has 0 aliphatic heterocycles. The van der Waals surface area contributed by atoms with Crippen LogP contribution < -0.4 is 10.5 Å². The minimum atomic E-state index is 0.497. The van der Waals surface area contributed by atoms with Gasteiger partial charge in [0.05, 0.1) is 11.5 Å². The Balaban J connectivity index is 1.85. The van der Waals surface area contributed by atoms with Gasteiger partial charge in [0.1, 0.15) is 17.4 Å². The second kappa shape index (κ2) is 7.26. The van der Waals surface area contributed by atoms with Gasteiger partial charge in [0, 0.05) is 30.6 Å². The van der Waals surface area contributed by atoms with E-state index in [1.165, 1.54) is 0 Å². The molecule has 0 saturated carbocycles. The van der Waals surface area contributed by atoms with Gasteiger partial charge >= 0.3 is 0 Å². The Labute approximate surface area is 139 Å². The number of nitrogen functional groups attached to an aromatic ring is 1. The molecule has 0 aliphatic rings. The van der Waals surface area contributed by atoms with Crippen LogP contribution in [0.2, 0.25) is 0 Å². The smallest absolute Gasteiger partial charge is 0.123 e. The van der Waals surface area contributed by atoms with E-state index in [0.29, 0.717) is 18.9 Å². The Bertz CT molecular complexity index is 772. The third-order valence-corrected chi connectivity index (χ3v) is 4.39. The first kappa shape index (κ1) is 15.5. The van der Waals surface area contributed by atoms with Crippen molar-refractivity contribution in [2.45, 2.75) is 0 Å². The summed E-state index contributed by atoms with van der Waals surface area (Å²) in [5.74, 6) is 0.742. The van der Waals surface area contributed by atoms with Crippen LogP contribution in [0.4, 0.5) is 5.69 Å². The molecule has 1 heterocycles. The van der Waals surface area contributed by atoms with E-state index < -0.39 is 0 Å². The Morgan fingerprint density at radius 1 is 1.04 bits per heavy atom. The van der Waals surface area contributed by atoms with Gasteiger partial charge in [-0.05, 0) is 17.7 Å². The van der Waals surface area contributed by atoms with Gasteiger partial charge in [0.15, 0.2) is 0 Å². The van der Waals surface area contributed by atoms with Crippen LogP contribution in [0, 0.1) is 0 Å². The molecule has 0 fully saturated rings. The molecule has 5 heteroatoms. The van der Waals surface area contributed by atoms with E-state index >= 15 is 0 Å². The molecule has 0 bridgehead atoms. The van der Waals surface area contributed by atoms with E-state index in [0.717, 1.165) is 26.8 Å². The Morgan fingerprint density at radius 3 is 2.65 bits per heavy atom. The highest BCUT2D eigenvalue weighted by Crippen LogP contribution is 2.34. The molecule has 118 valence electrons. The molecule has 0 aliphatic carbocycles. The first-order valence-electron chi connectivity index (χ1n) is 7.30. The highest BCUT2D eigenvalue weighted by atomic mass is 32.1. The number of hydrogen-bond donors (Lipinski definition) is 1. The van der Waals surface area contributed by atoms with Crippen LogP contribution in [0.25, 0.3) is 21.0 Å². The summed E-state index contributed by atoms with van der Waals surface area (Å²) in [4.78, 5) is 5.58. The van der Waals surface area contributed by atoms with E-state index in [2.05, 4.69) is 17.1 Å². The summed E-state index contributed by atoms with van der Waals surface area (Å²) in [7, 11) is 1.65. The topological polar surface area (TPSA) is 57.4 Å². The van der Waals surface area contributed by atoms with Gasteiger partial charge in [-0.15, -0.1) is 11.3 Å². The molecule has 0 atom stereocenters. The molecule has 0 amide bonds. The van der Waals surface area contributed by atoms with Crippen LogP contribution in [-0.2, 0) is 4.74 Å². The number of hydrogen-bond acceptors (Lipinski definition) is 5. The summed E-state index contributed by atoms with van der Waals surface area (Å²) in [5.41, 5.74) is 8.79. The van der Waals surface area contributed by atoms with E-state index in [-0.39, 0.29) is 0 Å². The number of methoxy groups -OCH3 is 1. The number of thiazole rings is 1. The minimum absolute atomic E-state index is 0.497. The van der Waals surface area contributed by atoms with Crippen LogP contribution in [0.15, 0.2) is 54.7 Å². The van der Waals surface area contributed by atoms with Crippen LogP contribution >= 0.6 is 11.3 Å². The minimum Gasteiger partial charge on any atom is -0.491 e. The van der Waals surface area contributed by atoms with Gasteiger partial charge in [-0.1, -0.05) is 30.3 Å². The number of anilines is 1. The summed E-state index contributed by atoms with van der Waals surface area (Å²) in [6, 6.07) is 15.9. The van der Waals surface area contributed by atoms with Crippen molar-refractivity contribution < 1.29 is 9.47 Å². The SMILES string of the molecule is COCCOc1cc(N)cc(-c2cnc(-c3ccccc3)s2)c1. The van der Waals surface area contributed by atoms with Gasteiger partial charge in [-0.25, -0.2) is 4.98 Å². The normalized spacial score (nSPS) is 10.7. The average Bonchev–Trinajstić information content (AvgIpc) is 3.06. The molecule has 3 rings (SSSR count). The van der Waals surface area contributed by atoms with Gasteiger partial charge in [0.25, 0.3) is 0 Å². The highest BCUT2D eigenvalue weighted by molar-refractivity contribution is 7.18. The second-order valence-corrected chi connectivity index (χ2v) is 6.06. The molecule has 4 nitrogen and oxygen atoms in total. The molecule has 0 saturated heterocycles. The molecule has 0 unspecified atom stereocenters. The fourth-order valence-corrected chi connectivity index (χ4v) is 3.12. The van der Waals surface area contributed by atoms with Crippen molar-refractivity contribution in [2.75, 3.05) is 26.1 Å². The standard InChI is InChI=1S/C18H18N2O2S/c1-21-7-8-22-16-10-14(9-15(19)11-16)17-12-20-18(23-17)13-5-3-2-4-6-13/h2-6,9-12H,7-8,19H2,1H3. The number of aromatic nitrogens is 1. The van der Waals surface area contributed by atoms with E-state index in [1.54, 1.807) is 18.4 Å². The molecule has 0 spiro atoms. The number of benzene rings is 2. The number of nitrogens with two attached hydrogens (primary N) is 1. The quantitative estimate of drug-likeness (QED) is 0.548. The van der Waals surface area contributed by atoms with Crippen molar-refractivity contribution in [1.82, 2.24) is 4.98 Å². The molecule has 2 aromatic carbocycles. The molecule has 3 aromatic rings. The zero-order valence-electron chi connectivity index (χ0n) is 12.9. The van der Waals surface area contributed by atoms with Gasteiger partial charge in [0.2, 0.25) is 0 Å². The fourth-order valence-electron chi connectivity index (χ4n) is 2.21. The predicted octanol–water partition coefficient (Wildman–Crippen LogP) is 4.08. The van der Waals surface area contributed by atoms with E-state index in [9.17, 15) is 0 Å². The first-order valence-corrected chi connectivity index (χ1v) is 8.12. The van der Waals surface area contributed by atoms with E-state index in [1.807, 2.05) is 42.6 Å². The summed E-state index contributed by atoms with van der Waals surface area (Å²) < 4.78 is 10.7. The Hall–Kier alpha value is -2.37. The number of rotatable bonds is 6. The molecular weight excluding hydrogens is 308 g/mol. The van der Waals surface area contributed by atoms with Crippen molar-refractivity contribution in [3.8, 4) is 26.8 Å². The van der Waals surface area contributed by atoms with Crippen molar-refractivity contribution in [2.24, 2.45) is 0 Å². The molecule has 1 aromatic heterocycles. The molecule has 23 heavy (non-hydrogen) atoms. The van der Waals surface area contributed by atoms with Gasteiger partial charge in [-0.2, -0.15) is 0 Å². The van der Waals surface area contributed by atoms with Gasteiger partial charge < -0.3 is 15.2 Å². The lowest BCUT2D eigenvalue weighted by atomic mass is 10.1. The van der Waals surface area contributed by atoms with Crippen molar-refractivity contribution in [3.63, 3.8) is 0 Å². The summed E-state index contributed by atoms with van der Waals surface area (Å²) in [6.07, 6.45) is 1.88. The van der Waals surface area contributed by atoms with Crippen molar-refractivity contribution >= 4 is 17.0 Å². The average molecular weight is 326 g/mol. The third kappa shape index (κ3) is 3.88. The lowest BCUT2D eigenvalue weighted by Crippen LogP contribution is -2.04. The maximum atomic E-state index is 5.99. The number of ether oxygens (including phenoxy) is 2. The first-order chi connectivity index (χ1) is 11.3. The zero-order valence-corrected chi connectivity index (χ0v) is 13.7. The Kier molecular flexibility index (Phi) is 4.90. The molecular formula is C18H18N2O2S. The van der Waals surface area contributed by atoms with Crippen LogP contribution in [0.5, 0.6) is 5.75 Å². The molecule has 2 N–H and O–H groups in total.